The Morgan fingerprint density at radius 1 is 1.47 bits per heavy atom. The van der Waals surface area contributed by atoms with Crippen LogP contribution in [-0.4, -0.2) is 18.6 Å². The van der Waals surface area contributed by atoms with Crippen molar-refractivity contribution in [2.24, 2.45) is 0 Å². The van der Waals surface area contributed by atoms with E-state index >= 15 is 0 Å². The summed E-state index contributed by atoms with van der Waals surface area (Å²) in [5, 5.41) is 2.92. The fourth-order valence-electron chi connectivity index (χ4n) is 1.98. The normalized spacial score (nSPS) is 19.6. The van der Waals surface area contributed by atoms with Crippen molar-refractivity contribution in [1.82, 2.24) is 0 Å². The van der Waals surface area contributed by atoms with E-state index in [1.165, 1.54) is 5.56 Å². The Balaban J connectivity index is 2.02. The minimum atomic E-state index is -0.266. The first-order chi connectivity index (χ1) is 8.16. The molecule has 92 valence electrons. The van der Waals surface area contributed by atoms with E-state index in [0.29, 0.717) is 12.5 Å². The zero-order chi connectivity index (χ0) is 12.3. The summed E-state index contributed by atoms with van der Waals surface area (Å²) in [6.45, 7) is 4.98. The quantitative estimate of drug-likeness (QED) is 0.871. The molecule has 1 amide bonds. The summed E-state index contributed by atoms with van der Waals surface area (Å²) in [6, 6.07) is 7.99. The molecule has 0 bridgehead atoms. The third-order valence-corrected chi connectivity index (χ3v) is 3.04. The van der Waals surface area contributed by atoms with Crippen molar-refractivity contribution >= 4 is 11.6 Å². The first-order valence-corrected chi connectivity index (χ1v) is 6.19. The maximum atomic E-state index is 11.9. The van der Waals surface area contributed by atoms with Gasteiger partial charge in [-0.2, -0.15) is 0 Å². The van der Waals surface area contributed by atoms with Crippen LogP contribution in [0.1, 0.15) is 38.2 Å². The molecule has 1 aromatic rings. The number of carbonyl (C=O) groups excluding carboxylic acids is 1. The monoisotopic (exact) mass is 233 g/mol. The molecule has 0 aromatic heterocycles. The Hall–Kier alpha value is -1.35. The molecule has 3 heteroatoms. The molecule has 1 aromatic carbocycles. The van der Waals surface area contributed by atoms with Gasteiger partial charge in [0.05, 0.1) is 0 Å². The van der Waals surface area contributed by atoms with Crippen molar-refractivity contribution in [3.63, 3.8) is 0 Å². The lowest BCUT2D eigenvalue weighted by Gasteiger charge is -2.12. The average molecular weight is 233 g/mol. The van der Waals surface area contributed by atoms with Crippen molar-refractivity contribution in [2.45, 2.75) is 38.7 Å². The summed E-state index contributed by atoms with van der Waals surface area (Å²) >= 11 is 0. The van der Waals surface area contributed by atoms with Crippen LogP contribution >= 0.6 is 0 Å². The first kappa shape index (κ1) is 12.1. The predicted octanol–water partition coefficient (Wildman–Crippen LogP) is 2.93. The van der Waals surface area contributed by atoms with E-state index in [1.54, 1.807) is 0 Å². The number of hydrogen-bond donors (Lipinski definition) is 1. The van der Waals surface area contributed by atoms with Gasteiger partial charge in [-0.05, 0) is 36.5 Å². The van der Waals surface area contributed by atoms with Gasteiger partial charge in [0.2, 0.25) is 0 Å². The SMILES string of the molecule is CC(C)c1cccc(NC(=O)C2CCCO2)c1. The van der Waals surface area contributed by atoms with Gasteiger partial charge in [0.25, 0.3) is 5.91 Å². The molecule has 1 aliphatic heterocycles. The summed E-state index contributed by atoms with van der Waals surface area (Å²) in [4.78, 5) is 11.9. The molecule has 1 N–H and O–H groups in total. The molecule has 1 atom stereocenters. The molecule has 1 fully saturated rings. The van der Waals surface area contributed by atoms with E-state index in [9.17, 15) is 4.79 Å². The van der Waals surface area contributed by atoms with Crippen LogP contribution in [0.4, 0.5) is 5.69 Å². The lowest BCUT2D eigenvalue weighted by molar-refractivity contribution is -0.124. The molecular weight excluding hydrogens is 214 g/mol. The summed E-state index contributed by atoms with van der Waals surface area (Å²) in [5.74, 6) is 0.443. The highest BCUT2D eigenvalue weighted by molar-refractivity contribution is 5.94. The maximum absolute atomic E-state index is 11.9. The van der Waals surface area contributed by atoms with E-state index in [-0.39, 0.29) is 12.0 Å². The van der Waals surface area contributed by atoms with Gasteiger partial charge in [-0.3, -0.25) is 4.79 Å². The molecule has 3 nitrogen and oxygen atoms in total. The molecule has 2 rings (SSSR count). The minimum Gasteiger partial charge on any atom is -0.368 e. The zero-order valence-electron chi connectivity index (χ0n) is 10.4. The van der Waals surface area contributed by atoms with Crippen LogP contribution in [0.25, 0.3) is 0 Å². The third kappa shape index (κ3) is 3.07. The van der Waals surface area contributed by atoms with Gasteiger partial charge in [-0.1, -0.05) is 26.0 Å². The molecule has 1 aliphatic rings. The van der Waals surface area contributed by atoms with Gasteiger partial charge in [0.1, 0.15) is 6.10 Å². The molecule has 1 unspecified atom stereocenters. The molecular formula is C14H19NO2. The number of carbonyl (C=O) groups is 1. The van der Waals surface area contributed by atoms with E-state index in [1.807, 2.05) is 18.2 Å². The highest BCUT2D eigenvalue weighted by atomic mass is 16.5. The Labute approximate surface area is 102 Å². The average Bonchev–Trinajstić information content (AvgIpc) is 2.82. The first-order valence-electron chi connectivity index (χ1n) is 6.19. The van der Waals surface area contributed by atoms with Crippen LogP contribution in [-0.2, 0) is 9.53 Å². The lowest BCUT2D eigenvalue weighted by atomic mass is 10.0. The van der Waals surface area contributed by atoms with E-state index in [4.69, 9.17) is 4.74 Å². The number of amides is 1. The van der Waals surface area contributed by atoms with Crippen molar-refractivity contribution in [3.05, 3.63) is 29.8 Å². The van der Waals surface area contributed by atoms with Crippen LogP contribution in [0.5, 0.6) is 0 Å². The topological polar surface area (TPSA) is 38.3 Å². The van der Waals surface area contributed by atoms with E-state index < -0.39 is 0 Å². The highest BCUT2D eigenvalue weighted by Gasteiger charge is 2.23. The molecule has 0 spiro atoms. The van der Waals surface area contributed by atoms with Gasteiger partial charge in [-0.15, -0.1) is 0 Å². The number of benzene rings is 1. The fraction of sp³-hybridized carbons (Fsp3) is 0.500. The second kappa shape index (κ2) is 5.32. The summed E-state index contributed by atoms with van der Waals surface area (Å²) in [5.41, 5.74) is 2.09. The van der Waals surface area contributed by atoms with Gasteiger partial charge in [0, 0.05) is 12.3 Å². The summed E-state index contributed by atoms with van der Waals surface area (Å²) < 4.78 is 5.35. The van der Waals surface area contributed by atoms with Crippen molar-refractivity contribution < 1.29 is 9.53 Å². The van der Waals surface area contributed by atoms with Crippen LogP contribution in [0.2, 0.25) is 0 Å². The summed E-state index contributed by atoms with van der Waals surface area (Å²) in [6.07, 6.45) is 1.54. The van der Waals surface area contributed by atoms with Crippen LogP contribution in [0, 0.1) is 0 Å². The Morgan fingerprint density at radius 2 is 2.29 bits per heavy atom. The molecule has 0 aliphatic carbocycles. The standard InChI is InChI=1S/C14H19NO2/c1-10(2)11-5-3-6-12(9-11)15-14(16)13-7-4-8-17-13/h3,5-6,9-10,13H,4,7-8H2,1-2H3,(H,15,16). The number of hydrogen-bond acceptors (Lipinski definition) is 2. The second-order valence-electron chi connectivity index (χ2n) is 4.77. The number of nitrogens with one attached hydrogen (secondary N) is 1. The predicted molar refractivity (Wildman–Crippen MR) is 68.1 cm³/mol. The van der Waals surface area contributed by atoms with Crippen LogP contribution in [0.15, 0.2) is 24.3 Å². The Bertz CT molecular complexity index is 395. The Morgan fingerprint density at radius 3 is 2.94 bits per heavy atom. The molecule has 1 saturated heterocycles. The zero-order valence-corrected chi connectivity index (χ0v) is 10.4. The Kier molecular flexibility index (Phi) is 3.79. The minimum absolute atomic E-state index is 0.0246. The van der Waals surface area contributed by atoms with Crippen molar-refractivity contribution in [2.75, 3.05) is 11.9 Å². The number of anilines is 1. The van der Waals surface area contributed by atoms with Gasteiger partial charge < -0.3 is 10.1 Å². The third-order valence-electron chi connectivity index (χ3n) is 3.04. The number of ether oxygens (including phenoxy) is 1. The highest BCUT2D eigenvalue weighted by Crippen LogP contribution is 2.20. The summed E-state index contributed by atoms with van der Waals surface area (Å²) in [7, 11) is 0. The van der Waals surface area contributed by atoms with Gasteiger partial charge in [-0.25, -0.2) is 0 Å². The van der Waals surface area contributed by atoms with Gasteiger partial charge in [0.15, 0.2) is 0 Å². The number of rotatable bonds is 3. The lowest BCUT2D eigenvalue weighted by Crippen LogP contribution is -2.26. The smallest absolute Gasteiger partial charge is 0.253 e. The van der Waals surface area contributed by atoms with Crippen LogP contribution < -0.4 is 5.32 Å². The van der Waals surface area contributed by atoms with Crippen LogP contribution in [0.3, 0.4) is 0 Å². The fourth-order valence-corrected chi connectivity index (χ4v) is 1.98. The second-order valence-corrected chi connectivity index (χ2v) is 4.77. The molecule has 0 saturated carbocycles. The van der Waals surface area contributed by atoms with Crippen molar-refractivity contribution in [1.29, 1.82) is 0 Å². The largest absolute Gasteiger partial charge is 0.368 e. The molecule has 0 radical (unpaired) electrons. The molecule has 1 heterocycles. The maximum Gasteiger partial charge on any atom is 0.253 e. The van der Waals surface area contributed by atoms with Crippen molar-refractivity contribution in [3.8, 4) is 0 Å². The van der Waals surface area contributed by atoms with E-state index in [0.717, 1.165) is 18.5 Å². The van der Waals surface area contributed by atoms with E-state index in [2.05, 4.69) is 25.2 Å². The van der Waals surface area contributed by atoms with Gasteiger partial charge >= 0.3 is 0 Å². The molecule has 17 heavy (non-hydrogen) atoms.